The lowest BCUT2D eigenvalue weighted by molar-refractivity contribution is -0.0958. The highest BCUT2D eigenvalue weighted by Gasteiger charge is 2.52. The number of aliphatic hydroxyl groups excluding tert-OH is 1. The maximum absolute atomic E-state index is 14.7. The quantitative estimate of drug-likeness (QED) is 0.0689. The average Bonchev–Trinajstić information content (AvgIpc) is 1.23. The molecule has 1 saturated heterocycles. The van der Waals surface area contributed by atoms with Crippen molar-refractivity contribution in [2.24, 2.45) is 0 Å². The Morgan fingerprint density at radius 1 is 0.688 bits per heavy atom. The molecule has 1 aliphatic rings. The Labute approximate surface area is 501 Å². The summed E-state index contributed by atoms with van der Waals surface area (Å²) in [4.78, 5) is 42.8. The van der Waals surface area contributed by atoms with Gasteiger partial charge in [0.2, 0.25) is 0 Å². The molecule has 438 valence electrons. The van der Waals surface area contributed by atoms with Gasteiger partial charge in [0.15, 0.2) is 14.5 Å². The highest BCUT2D eigenvalue weighted by molar-refractivity contribution is 6.74. The molecule has 5 aromatic rings. The zero-order valence-electron chi connectivity index (χ0n) is 45.4. The molecule has 1 fully saturated rings. The molecule has 13 heteroatoms. The molecule has 1 aromatic heterocycles. The van der Waals surface area contributed by atoms with Crippen molar-refractivity contribution < 1.29 is 69.4 Å². The van der Waals surface area contributed by atoms with Crippen LogP contribution in [-0.2, 0) is 19.5 Å². The molecule has 12 nitrogen and oxygen atoms in total. The fraction of sp³-hybridized carbons (Fsp3) is 0.239. The average molecular weight is 1120 g/mol. The summed E-state index contributed by atoms with van der Waals surface area (Å²) in [6, 6.07) is 28.6. The number of benzene rings is 4. The van der Waals surface area contributed by atoms with Gasteiger partial charge in [-0.3, -0.25) is 14.2 Å². The molecule has 4 atom stereocenters. The second-order valence-electron chi connectivity index (χ2n) is 18.8. The minimum atomic E-state index is -2.75. The van der Waals surface area contributed by atoms with Crippen LogP contribution in [0.15, 0.2) is 113 Å². The number of nitrogens with zero attached hydrogens (tertiary/aromatic N) is 2. The largest absolute Gasteiger partial charge is 0.497 e. The van der Waals surface area contributed by atoms with Gasteiger partial charge in [-0.1, -0.05) is 75.4 Å². The number of ether oxygens (including phenoxy) is 5. The summed E-state index contributed by atoms with van der Waals surface area (Å²) in [6.45, 7) is 13.4. The van der Waals surface area contributed by atoms with Crippen LogP contribution in [0.5, 0.6) is 17.2 Å². The van der Waals surface area contributed by atoms with Crippen molar-refractivity contribution in [2.45, 2.75) is 82.9 Å². The summed E-state index contributed by atoms with van der Waals surface area (Å²) in [5.74, 6) is 50.0. The number of methoxy groups -OCH3 is 2. The number of carbonyl (C=O) groups is 1. The van der Waals surface area contributed by atoms with Crippen molar-refractivity contribution in [3.63, 3.8) is 0 Å². The highest BCUT2D eigenvalue weighted by atomic mass is 28.4. The molecule has 0 bridgehead atoms. The summed E-state index contributed by atoms with van der Waals surface area (Å²) in [6.07, 6.45) is 3.76. The molecule has 0 aliphatic carbocycles. The fourth-order valence-electron chi connectivity index (χ4n) is 7.74. The van der Waals surface area contributed by atoms with E-state index in [1.807, 2.05) is 113 Å². The van der Waals surface area contributed by atoms with Gasteiger partial charge in [0.05, 0.1) is 20.8 Å². The van der Waals surface area contributed by atoms with Crippen LogP contribution in [0.3, 0.4) is 0 Å². The van der Waals surface area contributed by atoms with Crippen LogP contribution < -0.4 is 25.5 Å². The Bertz CT molecular complexity index is 4030. The SMILES string of the molecule is C#CC#CC#CC#CC#CC#CC#CC#CC#CC#CC#COc1cc(C(=O)n2c(=O)ccn([C@@H]3O[C@H](COC(c4ccccc4)(c4ccc(OC)cc4)c4ccc(OC)cc4)C(O)[C@@H]3O[Si](C)(C)C(C)(C)C)c2=O)cc(C)c1C.[HH].[HH].[HH].[HH].[HH].[HH].[HH].[HH].[HH].[HH].[HH].[HH].[HH].[HH].[HH].[HH].[HH].[HH].[HH].[HH].[HH].[HH]. The molecule has 0 saturated carbocycles. The molecule has 0 radical (unpaired) electrons. The topological polar surface area (TPSA) is 137 Å². The highest BCUT2D eigenvalue weighted by Crippen LogP contribution is 2.45. The van der Waals surface area contributed by atoms with Crippen LogP contribution in [0.4, 0.5) is 0 Å². The second-order valence-corrected chi connectivity index (χ2v) is 23.6. The van der Waals surface area contributed by atoms with Gasteiger partial charge < -0.3 is 33.2 Å². The predicted octanol–water partition coefficient (Wildman–Crippen LogP) is 12.4. The molecule has 4 aromatic carbocycles. The van der Waals surface area contributed by atoms with Crippen molar-refractivity contribution in [3.8, 4) is 148 Å². The van der Waals surface area contributed by atoms with E-state index in [0.717, 1.165) is 27.3 Å². The van der Waals surface area contributed by atoms with Gasteiger partial charge >= 0.3 is 5.69 Å². The normalized spacial score (nSPS) is 14.6. The molecule has 6 rings (SSSR count). The standard InChI is InChI=1S/C67H52N2O10Si.22H2/c1-11-12-13-14-15-16-17-18-19-20-21-22-23-24-25-26-27-28-29-33-46-76-58-48-52(47-50(2)51(58)3)63(72)69-60(70)44-45-68(65(69)73)64-62(79-80(9,10)66(4,5)6)61(71)59(78-64)49-77-67(53-34-31-30-32-35-53,54-36-40-56(74-7)41-37-54)55-38-42-57(75-8)43-39-55;;;;;;;;;;;;;;;;;;;;;;/h1,30-32,34-45,47-48,59,61-62,64,71H,49H2,2-10H3;22*1H/t59-,61?,62+,64-;;;;;;;;;;;;;;;;;;;;;;/m1....................../s1. The summed E-state index contributed by atoms with van der Waals surface area (Å²) < 4.78 is 39.1. The summed E-state index contributed by atoms with van der Waals surface area (Å²) in [7, 11) is 0.432. The first-order valence-corrected chi connectivity index (χ1v) is 27.5. The van der Waals surface area contributed by atoms with E-state index < -0.39 is 55.6 Å². The Kier molecular flexibility index (Phi) is 20.5. The molecule has 0 spiro atoms. The fourth-order valence-corrected chi connectivity index (χ4v) is 9.03. The number of hydrogen-bond acceptors (Lipinski definition) is 10. The number of hydrogen-bond donors (Lipinski definition) is 1. The minimum absolute atomic E-state index is 0. The van der Waals surface area contributed by atoms with Gasteiger partial charge in [0, 0.05) is 120 Å². The van der Waals surface area contributed by atoms with Gasteiger partial charge in [-0.15, -0.1) is 6.42 Å². The van der Waals surface area contributed by atoms with Gasteiger partial charge in [-0.25, -0.2) is 4.79 Å². The van der Waals surface area contributed by atoms with Crippen LogP contribution in [0.2, 0.25) is 18.1 Å². The first-order valence-electron chi connectivity index (χ1n) is 24.6. The Morgan fingerprint density at radius 3 is 1.64 bits per heavy atom. The Morgan fingerprint density at radius 2 is 1.16 bits per heavy atom. The third-order valence-corrected chi connectivity index (χ3v) is 17.4. The Balaban J connectivity index is -0.000000219. The van der Waals surface area contributed by atoms with Crippen molar-refractivity contribution in [3.05, 3.63) is 157 Å². The van der Waals surface area contributed by atoms with E-state index in [0.29, 0.717) is 27.2 Å². The van der Waals surface area contributed by atoms with Crippen LogP contribution in [-0.4, -0.2) is 67.6 Å². The third kappa shape index (κ3) is 14.7. The number of terminal acetylenes is 1. The number of aliphatic hydroxyl groups is 1. The van der Waals surface area contributed by atoms with Gasteiger partial charge in [-0.05, 0) is 144 Å². The van der Waals surface area contributed by atoms with E-state index in [-0.39, 0.29) is 54.3 Å². The van der Waals surface area contributed by atoms with Crippen LogP contribution >= 0.6 is 0 Å². The van der Waals surface area contributed by atoms with Crippen molar-refractivity contribution >= 4 is 14.2 Å². The second kappa shape index (κ2) is 27.8. The van der Waals surface area contributed by atoms with Crippen molar-refractivity contribution in [1.82, 2.24) is 9.13 Å². The van der Waals surface area contributed by atoms with Crippen molar-refractivity contribution in [2.75, 3.05) is 20.8 Å². The summed E-state index contributed by atoms with van der Waals surface area (Å²) in [5, 5.41) is 12.1. The molecular formula is C67H96N2O10Si. The van der Waals surface area contributed by atoms with E-state index in [9.17, 15) is 19.5 Å². The van der Waals surface area contributed by atoms with Gasteiger partial charge in [0.1, 0.15) is 47.3 Å². The number of aromatic nitrogens is 2. The van der Waals surface area contributed by atoms with Crippen molar-refractivity contribution in [1.29, 1.82) is 0 Å². The van der Waals surface area contributed by atoms with E-state index >= 15 is 0 Å². The first-order chi connectivity index (χ1) is 38.5. The first kappa shape index (κ1) is 59.1. The predicted molar refractivity (Wildman–Crippen MR) is 355 cm³/mol. The lowest BCUT2D eigenvalue weighted by Crippen LogP contribution is -2.51. The van der Waals surface area contributed by atoms with Crippen LogP contribution in [0.25, 0.3) is 0 Å². The van der Waals surface area contributed by atoms with Gasteiger partial charge in [0.25, 0.3) is 11.5 Å². The minimum Gasteiger partial charge on any atom is -0.497 e. The molecule has 1 aliphatic heterocycles. The maximum Gasteiger partial charge on any atom is 0.340 e. The zero-order valence-corrected chi connectivity index (χ0v) is 46.4. The number of rotatable bonds is 13. The molecule has 80 heavy (non-hydrogen) atoms. The lowest BCUT2D eigenvalue weighted by Gasteiger charge is -2.40. The monoisotopic (exact) mass is 1120 g/mol. The number of carbonyl (C=O) groups excluding carboxylic acids is 1. The molecule has 0 amide bonds. The molecule has 1 unspecified atom stereocenters. The smallest absolute Gasteiger partial charge is 0.340 e. The van der Waals surface area contributed by atoms with E-state index in [1.165, 1.54) is 18.3 Å². The van der Waals surface area contributed by atoms with Gasteiger partial charge in [-0.2, -0.15) is 4.57 Å². The zero-order chi connectivity index (χ0) is 57.7. The van der Waals surface area contributed by atoms with Crippen LogP contribution in [0, 0.1) is 145 Å². The number of aryl methyl sites for hydroxylation is 1. The maximum atomic E-state index is 14.7. The van der Waals surface area contributed by atoms with E-state index in [2.05, 4.69) is 125 Å². The lowest BCUT2D eigenvalue weighted by atomic mass is 9.80. The molecular weight excluding hydrogens is 1020 g/mol. The molecule has 2 heterocycles. The third-order valence-electron chi connectivity index (χ3n) is 13.0. The summed E-state index contributed by atoms with van der Waals surface area (Å²) in [5.41, 5.74) is 0.257. The molecule has 1 N–H and O–H groups in total. The summed E-state index contributed by atoms with van der Waals surface area (Å²) >= 11 is 0. The van der Waals surface area contributed by atoms with E-state index in [1.54, 1.807) is 28.1 Å². The van der Waals surface area contributed by atoms with Crippen LogP contribution in [0.1, 0.15) is 96.6 Å². The Hall–Kier alpha value is -10.2. The van der Waals surface area contributed by atoms with E-state index in [4.69, 9.17) is 34.5 Å².